The van der Waals surface area contributed by atoms with Gasteiger partial charge in [0.2, 0.25) is 0 Å². The summed E-state index contributed by atoms with van der Waals surface area (Å²) in [4.78, 5) is 2.24. The Hall–Kier alpha value is -1.13. The summed E-state index contributed by atoms with van der Waals surface area (Å²) < 4.78 is 19.3. The van der Waals surface area contributed by atoms with Gasteiger partial charge in [0.25, 0.3) is 0 Å². The van der Waals surface area contributed by atoms with E-state index >= 15 is 0 Å². The molecule has 2 unspecified atom stereocenters. The molecular weight excluding hydrogens is 219 g/mol. The molecule has 0 amide bonds. The zero-order valence-electron chi connectivity index (χ0n) is 10.3. The summed E-state index contributed by atoms with van der Waals surface area (Å²) in [5.41, 5.74) is 6.72. The second-order valence-electron chi connectivity index (χ2n) is 4.63. The third-order valence-electron chi connectivity index (χ3n) is 3.29. The summed E-state index contributed by atoms with van der Waals surface area (Å²) >= 11 is 0. The van der Waals surface area contributed by atoms with Gasteiger partial charge in [-0.2, -0.15) is 0 Å². The van der Waals surface area contributed by atoms with Crippen molar-refractivity contribution < 1.29 is 9.13 Å². The van der Waals surface area contributed by atoms with Gasteiger partial charge in [0.05, 0.1) is 12.7 Å². The van der Waals surface area contributed by atoms with Gasteiger partial charge >= 0.3 is 0 Å². The molecular formula is C13H19FN2O. The Bertz CT molecular complexity index is 397. The minimum atomic E-state index is -0.225. The van der Waals surface area contributed by atoms with Crippen molar-refractivity contribution in [1.82, 2.24) is 4.90 Å². The molecule has 2 atom stereocenters. The van der Waals surface area contributed by atoms with Crippen LogP contribution in [0.5, 0.6) is 0 Å². The van der Waals surface area contributed by atoms with E-state index in [0.29, 0.717) is 17.9 Å². The minimum absolute atomic E-state index is 0.0574. The van der Waals surface area contributed by atoms with Crippen molar-refractivity contribution in [2.45, 2.75) is 26.0 Å². The van der Waals surface area contributed by atoms with Crippen LogP contribution in [-0.4, -0.2) is 30.7 Å². The monoisotopic (exact) mass is 238 g/mol. The molecule has 1 fully saturated rings. The first-order valence-electron chi connectivity index (χ1n) is 5.98. The molecule has 1 aromatic rings. The lowest BCUT2D eigenvalue weighted by Crippen LogP contribution is -2.42. The van der Waals surface area contributed by atoms with E-state index in [-0.39, 0.29) is 18.0 Å². The van der Waals surface area contributed by atoms with E-state index in [2.05, 4.69) is 4.90 Å². The Morgan fingerprint density at radius 1 is 1.53 bits per heavy atom. The van der Waals surface area contributed by atoms with Crippen molar-refractivity contribution in [3.8, 4) is 0 Å². The minimum Gasteiger partial charge on any atom is -0.399 e. The van der Waals surface area contributed by atoms with Crippen molar-refractivity contribution in [2.24, 2.45) is 0 Å². The third kappa shape index (κ3) is 2.76. The van der Waals surface area contributed by atoms with Crippen LogP contribution in [0.4, 0.5) is 10.1 Å². The maximum Gasteiger partial charge on any atom is 0.130 e. The summed E-state index contributed by atoms with van der Waals surface area (Å²) in [6.45, 7) is 6.45. The summed E-state index contributed by atoms with van der Waals surface area (Å²) in [5, 5.41) is 0. The molecule has 0 spiro atoms. The summed E-state index contributed by atoms with van der Waals surface area (Å²) in [6, 6.07) is 4.96. The molecule has 0 bridgehead atoms. The molecule has 2 N–H and O–H groups in total. The highest BCUT2D eigenvalue weighted by atomic mass is 19.1. The van der Waals surface area contributed by atoms with Crippen molar-refractivity contribution in [2.75, 3.05) is 25.4 Å². The third-order valence-corrected chi connectivity index (χ3v) is 3.29. The number of benzene rings is 1. The van der Waals surface area contributed by atoms with Crippen LogP contribution in [0.1, 0.15) is 25.5 Å². The fourth-order valence-electron chi connectivity index (χ4n) is 2.28. The highest BCUT2D eigenvalue weighted by molar-refractivity contribution is 5.41. The maximum atomic E-state index is 13.8. The normalized spacial score (nSPS) is 23.6. The van der Waals surface area contributed by atoms with Gasteiger partial charge in [-0.1, -0.05) is 6.07 Å². The number of morpholine rings is 1. The maximum absolute atomic E-state index is 13.8. The molecule has 1 aliphatic heterocycles. The van der Waals surface area contributed by atoms with Crippen LogP contribution < -0.4 is 5.73 Å². The van der Waals surface area contributed by atoms with Gasteiger partial charge in [-0.25, -0.2) is 4.39 Å². The van der Waals surface area contributed by atoms with Gasteiger partial charge in [-0.05, 0) is 26.0 Å². The number of nitrogens with two attached hydrogens (primary N) is 1. The first-order valence-corrected chi connectivity index (χ1v) is 5.98. The van der Waals surface area contributed by atoms with E-state index in [0.717, 1.165) is 13.1 Å². The predicted molar refractivity (Wildman–Crippen MR) is 66.2 cm³/mol. The number of halogens is 1. The molecule has 1 aromatic carbocycles. The lowest BCUT2D eigenvalue weighted by molar-refractivity contribution is -0.0323. The second kappa shape index (κ2) is 5.02. The molecule has 1 saturated heterocycles. The summed E-state index contributed by atoms with van der Waals surface area (Å²) in [6.07, 6.45) is 0.211. The molecule has 3 nitrogen and oxygen atoms in total. The van der Waals surface area contributed by atoms with Crippen LogP contribution in [0.2, 0.25) is 0 Å². The molecule has 2 rings (SSSR count). The lowest BCUT2D eigenvalue weighted by Gasteiger charge is -2.35. The lowest BCUT2D eigenvalue weighted by atomic mass is 10.0. The Labute approximate surface area is 101 Å². The molecule has 1 aliphatic rings. The molecule has 17 heavy (non-hydrogen) atoms. The van der Waals surface area contributed by atoms with Gasteiger partial charge in [-0.15, -0.1) is 0 Å². The van der Waals surface area contributed by atoms with E-state index in [1.54, 1.807) is 12.1 Å². The smallest absolute Gasteiger partial charge is 0.130 e. The van der Waals surface area contributed by atoms with Crippen LogP contribution in [0, 0.1) is 5.82 Å². The van der Waals surface area contributed by atoms with Gasteiger partial charge in [0, 0.05) is 30.4 Å². The van der Waals surface area contributed by atoms with E-state index in [1.807, 2.05) is 13.8 Å². The van der Waals surface area contributed by atoms with Gasteiger partial charge in [-0.3, -0.25) is 4.90 Å². The van der Waals surface area contributed by atoms with Gasteiger partial charge in [0.1, 0.15) is 5.82 Å². The molecule has 0 aromatic heterocycles. The quantitative estimate of drug-likeness (QED) is 0.803. The average Bonchev–Trinajstić information content (AvgIpc) is 2.28. The Kier molecular flexibility index (Phi) is 3.64. The predicted octanol–water partition coefficient (Wildman–Crippen LogP) is 2.19. The van der Waals surface area contributed by atoms with Gasteiger partial charge in [0.15, 0.2) is 0 Å². The van der Waals surface area contributed by atoms with Crippen LogP contribution in [0.15, 0.2) is 18.2 Å². The fourth-order valence-corrected chi connectivity index (χ4v) is 2.28. The van der Waals surface area contributed by atoms with Crippen molar-refractivity contribution in [3.05, 3.63) is 29.6 Å². The number of anilines is 1. The van der Waals surface area contributed by atoms with E-state index in [4.69, 9.17) is 10.5 Å². The number of hydrogen-bond acceptors (Lipinski definition) is 3. The van der Waals surface area contributed by atoms with Crippen molar-refractivity contribution in [1.29, 1.82) is 0 Å². The largest absolute Gasteiger partial charge is 0.399 e. The molecule has 4 heteroatoms. The second-order valence-corrected chi connectivity index (χ2v) is 4.63. The van der Waals surface area contributed by atoms with Gasteiger partial charge < -0.3 is 10.5 Å². The standard InChI is InChI=1S/C13H19FN2O/c1-9-8-16(5-6-17-9)10(2)12-4-3-11(15)7-13(12)14/h3-4,7,9-10H,5-6,8,15H2,1-2H3. The molecule has 0 saturated carbocycles. The van der Waals surface area contributed by atoms with Crippen LogP contribution in [0.25, 0.3) is 0 Å². The Balaban J connectivity index is 2.15. The number of hydrogen-bond donors (Lipinski definition) is 1. The van der Waals surface area contributed by atoms with E-state index < -0.39 is 0 Å². The molecule has 94 valence electrons. The summed E-state index contributed by atoms with van der Waals surface area (Å²) in [7, 11) is 0. The Morgan fingerprint density at radius 3 is 2.94 bits per heavy atom. The van der Waals surface area contributed by atoms with Crippen LogP contribution in [-0.2, 0) is 4.74 Å². The van der Waals surface area contributed by atoms with Crippen LogP contribution in [0.3, 0.4) is 0 Å². The van der Waals surface area contributed by atoms with E-state index in [1.165, 1.54) is 6.07 Å². The van der Waals surface area contributed by atoms with Crippen molar-refractivity contribution >= 4 is 5.69 Å². The topological polar surface area (TPSA) is 38.5 Å². The van der Waals surface area contributed by atoms with E-state index in [9.17, 15) is 4.39 Å². The number of nitrogen functional groups attached to an aromatic ring is 1. The first-order chi connectivity index (χ1) is 8.08. The fraction of sp³-hybridized carbons (Fsp3) is 0.538. The molecule has 0 radical (unpaired) electrons. The zero-order chi connectivity index (χ0) is 12.4. The van der Waals surface area contributed by atoms with Crippen molar-refractivity contribution in [3.63, 3.8) is 0 Å². The SMILES string of the molecule is CC1CN(C(C)c2ccc(N)cc2F)CCO1. The molecule has 1 heterocycles. The zero-order valence-corrected chi connectivity index (χ0v) is 10.3. The highest BCUT2D eigenvalue weighted by Gasteiger charge is 2.24. The first kappa shape index (κ1) is 12.3. The number of ether oxygens (including phenoxy) is 1. The summed E-state index contributed by atoms with van der Waals surface area (Å²) in [5.74, 6) is -0.225. The average molecular weight is 238 g/mol. The highest BCUT2D eigenvalue weighted by Crippen LogP contribution is 2.25. The number of nitrogens with zero attached hydrogens (tertiary/aromatic N) is 1. The molecule has 0 aliphatic carbocycles. The Morgan fingerprint density at radius 2 is 2.29 bits per heavy atom. The van der Waals surface area contributed by atoms with Crippen LogP contribution >= 0.6 is 0 Å². The number of rotatable bonds is 2.